The molecule has 1 rings (SSSR count). The molecule has 0 spiro atoms. The fraction of sp³-hybridized carbons (Fsp3) is 0.538. The van der Waals surface area contributed by atoms with Crippen molar-refractivity contribution in [3.05, 3.63) is 34.9 Å². The van der Waals surface area contributed by atoms with Crippen LogP contribution in [0.2, 0.25) is 0 Å². The van der Waals surface area contributed by atoms with Gasteiger partial charge in [-0.05, 0) is 25.8 Å². The van der Waals surface area contributed by atoms with Gasteiger partial charge in [-0.3, -0.25) is 0 Å². The first kappa shape index (κ1) is 12.2. The summed E-state index contributed by atoms with van der Waals surface area (Å²) >= 11 is 0. The van der Waals surface area contributed by atoms with Crippen LogP contribution < -0.4 is 5.32 Å². The Hall–Kier alpha value is -0.860. The molecule has 0 amide bonds. The molecule has 1 aromatic carbocycles. The summed E-state index contributed by atoms with van der Waals surface area (Å²) in [7, 11) is 0. The lowest BCUT2D eigenvalue weighted by Crippen LogP contribution is -2.31. The molecule has 1 atom stereocenters. The normalized spacial score (nSPS) is 12.8. The van der Waals surface area contributed by atoms with Crippen LogP contribution in [0.1, 0.15) is 30.0 Å². The smallest absolute Gasteiger partial charge is 0.0584 e. The summed E-state index contributed by atoms with van der Waals surface area (Å²) in [6, 6.07) is 6.76. The molecule has 0 aliphatic carbocycles. The molecule has 84 valence electrons. The van der Waals surface area contributed by atoms with Crippen molar-refractivity contribution in [1.82, 2.24) is 5.32 Å². The lowest BCUT2D eigenvalue weighted by Gasteiger charge is -2.14. The highest BCUT2D eigenvalue weighted by molar-refractivity contribution is 5.28. The van der Waals surface area contributed by atoms with E-state index >= 15 is 0 Å². The highest BCUT2D eigenvalue weighted by atomic mass is 16.3. The Labute approximate surface area is 92.3 Å². The third kappa shape index (κ3) is 4.02. The molecule has 1 aromatic rings. The molecule has 2 N–H and O–H groups in total. The summed E-state index contributed by atoms with van der Waals surface area (Å²) in [5.74, 6) is 0. The zero-order valence-electron chi connectivity index (χ0n) is 9.88. The zero-order chi connectivity index (χ0) is 11.3. The van der Waals surface area contributed by atoms with E-state index in [4.69, 9.17) is 5.11 Å². The molecule has 0 bridgehead atoms. The Morgan fingerprint density at radius 1 is 1.20 bits per heavy atom. The first-order valence-electron chi connectivity index (χ1n) is 5.57. The first-order valence-corrected chi connectivity index (χ1v) is 5.57. The van der Waals surface area contributed by atoms with Gasteiger partial charge in [0.05, 0.1) is 6.61 Å². The third-order valence-electron chi connectivity index (χ3n) is 2.59. The van der Waals surface area contributed by atoms with Crippen LogP contribution in [0, 0.1) is 13.8 Å². The monoisotopic (exact) mass is 207 g/mol. The maximum absolute atomic E-state index is 9.05. The minimum absolute atomic E-state index is 0.210. The van der Waals surface area contributed by atoms with Gasteiger partial charge in [-0.25, -0.2) is 0 Å². The van der Waals surface area contributed by atoms with Crippen molar-refractivity contribution in [3.63, 3.8) is 0 Å². The average Bonchev–Trinajstić information content (AvgIpc) is 2.18. The van der Waals surface area contributed by atoms with E-state index in [1.165, 1.54) is 16.7 Å². The Kier molecular flexibility index (Phi) is 4.79. The molecule has 0 aromatic heterocycles. The summed E-state index contributed by atoms with van der Waals surface area (Å²) in [4.78, 5) is 0. The fourth-order valence-corrected chi connectivity index (χ4v) is 1.77. The molecule has 0 aliphatic rings. The maximum Gasteiger partial charge on any atom is 0.0584 e. The highest BCUT2D eigenvalue weighted by Gasteiger charge is 2.03. The largest absolute Gasteiger partial charge is 0.395 e. The van der Waals surface area contributed by atoms with Gasteiger partial charge in [0.15, 0.2) is 0 Å². The van der Waals surface area contributed by atoms with Gasteiger partial charge in [-0.2, -0.15) is 0 Å². The number of rotatable bonds is 5. The topological polar surface area (TPSA) is 32.3 Å². The molecule has 2 heteroatoms. The van der Waals surface area contributed by atoms with E-state index in [1.807, 2.05) is 0 Å². The molecular weight excluding hydrogens is 186 g/mol. The minimum Gasteiger partial charge on any atom is -0.395 e. The van der Waals surface area contributed by atoms with E-state index in [9.17, 15) is 0 Å². The summed E-state index contributed by atoms with van der Waals surface area (Å²) in [5.41, 5.74) is 3.88. The van der Waals surface area contributed by atoms with E-state index in [0.717, 1.165) is 13.0 Å². The van der Waals surface area contributed by atoms with Crippen molar-refractivity contribution in [2.24, 2.45) is 0 Å². The number of aliphatic hydroxyl groups excluding tert-OH is 1. The fourth-order valence-electron chi connectivity index (χ4n) is 1.77. The number of benzene rings is 1. The van der Waals surface area contributed by atoms with Gasteiger partial charge >= 0.3 is 0 Å². The number of nitrogens with one attached hydrogen (secondary N) is 1. The van der Waals surface area contributed by atoms with Crippen molar-refractivity contribution < 1.29 is 5.11 Å². The molecule has 0 aliphatic heterocycles. The maximum atomic E-state index is 9.05. The number of aliphatic hydroxyl groups is 1. The van der Waals surface area contributed by atoms with Gasteiger partial charge in [0.2, 0.25) is 0 Å². The van der Waals surface area contributed by atoms with Gasteiger partial charge in [0, 0.05) is 12.6 Å². The van der Waals surface area contributed by atoms with Crippen LogP contribution in [-0.4, -0.2) is 17.8 Å². The van der Waals surface area contributed by atoms with Crippen molar-refractivity contribution in [2.45, 2.75) is 39.8 Å². The zero-order valence-corrected chi connectivity index (χ0v) is 9.88. The summed E-state index contributed by atoms with van der Waals surface area (Å²) in [5, 5.41) is 12.4. The van der Waals surface area contributed by atoms with Crippen LogP contribution >= 0.6 is 0 Å². The van der Waals surface area contributed by atoms with Gasteiger partial charge in [0.25, 0.3) is 0 Å². The second kappa shape index (κ2) is 5.89. The van der Waals surface area contributed by atoms with Crippen LogP contribution in [0.15, 0.2) is 18.2 Å². The SMILES string of the molecule is CCC(CO)NCc1cc(C)cc(C)c1. The Balaban J connectivity index is 2.57. The van der Waals surface area contributed by atoms with Crippen molar-refractivity contribution in [3.8, 4) is 0 Å². The molecule has 0 saturated carbocycles. The van der Waals surface area contributed by atoms with Crippen LogP contribution in [0.3, 0.4) is 0 Å². The standard InChI is InChI=1S/C13H21NO/c1-4-13(9-15)14-8-12-6-10(2)5-11(3)7-12/h5-7,13-15H,4,8-9H2,1-3H3. The van der Waals surface area contributed by atoms with Gasteiger partial charge in [0.1, 0.15) is 0 Å². The predicted molar refractivity (Wildman–Crippen MR) is 63.9 cm³/mol. The Morgan fingerprint density at radius 2 is 1.80 bits per heavy atom. The van der Waals surface area contributed by atoms with E-state index in [0.29, 0.717) is 0 Å². The van der Waals surface area contributed by atoms with Crippen LogP contribution in [0.5, 0.6) is 0 Å². The lowest BCUT2D eigenvalue weighted by atomic mass is 10.1. The molecule has 0 fully saturated rings. The average molecular weight is 207 g/mol. The van der Waals surface area contributed by atoms with Crippen molar-refractivity contribution in [1.29, 1.82) is 0 Å². The minimum atomic E-state index is 0.210. The molecule has 0 saturated heterocycles. The third-order valence-corrected chi connectivity index (χ3v) is 2.59. The quantitative estimate of drug-likeness (QED) is 0.775. The van der Waals surface area contributed by atoms with E-state index in [-0.39, 0.29) is 12.6 Å². The van der Waals surface area contributed by atoms with Crippen molar-refractivity contribution in [2.75, 3.05) is 6.61 Å². The van der Waals surface area contributed by atoms with Crippen LogP contribution in [0.4, 0.5) is 0 Å². The Bertz CT molecular complexity index is 285. The summed E-state index contributed by atoms with van der Waals surface area (Å²) in [6.07, 6.45) is 0.960. The van der Waals surface area contributed by atoms with E-state index < -0.39 is 0 Å². The number of aryl methyl sites for hydroxylation is 2. The highest BCUT2D eigenvalue weighted by Crippen LogP contribution is 2.08. The molecule has 2 nitrogen and oxygen atoms in total. The van der Waals surface area contributed by atoms with E-state index in [1.54, 1.807) is 0 Å². The summed E-state index contributed by atoms with van der Waals surface area (Å²) < 4.78 is 0. The molecule has 0 radical (unpaired) electrons. The van der Waals surface area contributed by atoms with Gasteiger partial charge in [-0.15, -0.1) is 0 Å². The summed E-state index contributed by atoms with van der Waals surface area (Å²) in [6.45, 7) is 7.35. The lowest BCUT2D eigenvalue weighted by molar-refractivity contribution is 0.238. The Morgan fingerprint density at radius 3 is 2.27 bits per heavy atom. The van der Waals surface area contributed by atoms with Crippen LogP contribution in [-0.2, 0) is 6.54 Å². The molecule has 15 heavy (non-hydrogen) atoms. The molecular formula is C13H21NO. The van der Waals surface area contributed by atoms with Crippen molar-refractivity contribution >= 4 is 0 Å². The second-order valence-corrected chi connectivity index (χ2v) is 4.16. The molecule has 1 unspecified atom stereocenters. The molecule has 0 heterocycles. The van der Waals surface area contributed by atoms with E-state index in [2.05, 4.69) is 44.3 Å². The van der Waals surface area contributed by atoms with Gasteiger partial charge in [-0.1, -0.05) is 36.2 Å². The second-order valence-electron chi connectivity index (χ2n) is 4.16. The van der Waals surface area contributed by atoms with Crippen LogP contribution in [0.25, 0.3) is 0 Å². The first-order chi connectivity index (χ1) is 7.15. The number of hydrogen-bond acceptors (Lipinski definition) is 2. The van der Waals surface area contributed by atoms with Gasteiger partial charge < -0.3 is 10.4 Å². The number of hydrogen-bond donors (Lipinski definition) is 2. The predicted octanol–water partition coefficient (Wildman–Crippen LogP) is 2.16.